The van der Waals surface area contributed by atoms with Crippen LogP contribution >= 0.6 is 0 Å². The van der Waals surface area contributed by atoms with Gasteiger partial charge in [-0.3, -0.25) is 0 Å². The number of ether oxygens (including phenoxy) is 1. The molecule has 0 saturated heterocycles. The van der Waals surface area contributed by atoms with Crippen LogP contribution in [0.2, 0.25) is 0 Å². The highest BCUT2D eigenvalue weighted by atomic mass is 16.5. The molecule has 3 N–H and O–H groups in total. The van der Waals surface area contributed by atoms with Gasteiger partial charge in [-0.2, -0.15) is 0 Å². The van der Waals surface area contributed by atoms with Crippen LogP contribution in [0.4, 0.5) is 0 Å². The van der Waals surface area contributed by atoms with Gasteiger partial charge in [-0.25, -0.2) is 0 Å². The third kappa shape index (κ3) is 6.01. The van der Waals surface area contributed by atoms with E-state index in [1.165, 1.54) is 0 Å². The van der Waals surface area contributed by atoms with Gasteiger partial charge in [0.25, 0.3) is 0 Å². The maximum absolute atomic E-state index is 8.53. The van der Waals surface area contributed by atoms with Crippen LogP contribution in [0.25, 0.3) is 0 Å². The molecule has 10 heavy (non-hydrogen) atoms. The molecule has 0 fully saturated rings. The van der Waals surface area contributed by atoms with Crippen LogP contribution in [0.3, 0.4) is 0 Å². The van der Waals surface area contributed by atoms with Gasteiger partial charge in [0.1, 0.15) is 0 Å². The zero-order valence-corrected chi connectivity index (χ0v) is 6.55. The highest BCUT2D eigenvalue weighted by Gasteiger charge is 1.97. The average molecular weight is 147 g/mol. The van der Waals surface area contributed by atoms with E-state index >= 15 is 0 Å². The fourth-order valence-electron chi connectivity index (χ4n) is 0.683. The summed E-state index contributed by atoms with van der Waals surface area (Å²) in [6, 6.07) is -0.0690. The molecule has 0 heterocycles. The van der Waals surface area contributed by atoms with Crippen molar-refractivity contribution in [1.29, 1.82) is 0 Å². The number of hydrogen-bond donors (Lipinski definition) is 2. The maximum atomic E-state index is 8.53. The van der Waals surface area contributed by atoms with Crippen molar-refractivity contribution in [2.24, 2.45) is 5.73 Å². The number of aliphatic hydroxyl groups excluding tert-OH is 1. The minimum absolute atomic E-state index is 0.0690. The SMILES string of the molecule is CCOCCC[C@H](N)CO. The second-order valence-electron chi connectivity index (χ2n) is 2.28. The van der Waals surface area contributed by atoms with E-state index < -0.39 is 0 Å². The summed E-state index contributed by atoms with van der Waals surface area (Å²) in [7, 11) is 0. The van der Waals surface area contributed by atoms with Gasteiger partial charge in [0.15, 0.2) is 0 Å². The fourth-order valence-corrected chi connectivity index (χ4v) is 0.683. The predicted molar refractivity (Wildman–Crippen MR) is 40.8 cm³/mol. The van der Waals surface area contributed by atoms with Crippen molar-refractivity contribution < 1.29 is 9.84 Å². The minimum atomic E-state index is -0.0690. The summed E-state index contributed by atoms with van der Waals surface area (Å²) >= 11 is 0. The molecule has 0 aromatic heterocycles. The molecule has 1 atom stereocenters. The fraction of sp³-hybridized carbons (Fsp3) is 1.00. The van der Waals surface area contributed by atoms with E-state index in [-0.39, 0.29) is 12.6 Å². The summed E-state index contributed by atoms with van der Waals surface area (Å²) in [4.78, 5) is 0. The van der Waals surface area contributed by atoms with Gasteiger partial charge < -0.3 is 15.6 Å². The monoisotopic (exact) mass is 147 g/mol. The van der Waals surface area contributed by atoms with Crippen LogP contribution < -0.4 is 5.73 Å². The van der Waals surface area contributed by atoms with Crippen LogP contribution in [0.1, 0.15) is 19.8 Å². The molecule has 0 aliphatic carbocycles. The highest BCUT2D eigenvalue weighted by molar-refractivity contribution is 4.57. The molecule has 0 aliphatic heterocycles. The van der Waals surface area contributed by atoms with E-state index in [1.54, 1.807) is 0 Å². The molecule has 0 saturated carbocycles. The molecule has 0 rings (SSSR count). The van der Waals surface area contributed by atoms with Gasteiger partial charge in [0.2, 0.25) is 0 Å². The standard InChI is InChI=1S/C7H17NO2/c1-2-10-5-3-4-7(8)6-9/h7,9H,2-6,8H2,1H3/t7-/m0/s1. The molecule has 0 unspecified atom stereocenters. The van der Waals surface area contributed by atoms with Gasteiger partial charge in [0, 0.05) is 19.3 Å². The van der Waals surface area contributed by atoms with E-state index in [9.17, 15) is 0 Å². The van der Waals surface area contributed by atoms with Crippen molar-refractivity contribution in [1.82, 2.24) is 0 Å². The summed E-state index contributed by atoms with van der Waals surface area (Å²) in [5, 5.41) is 8.53. The molecule has 3 nitrogen and oxygen atoms in total. The second-order valence-corrected chi connectivity index (χ2v) is 2.28. The van der Waals surface area contributed by atoms with Crippen molar-refractivity contribution in [2.75, 3.05) is 19.8 Å². The lowest BCUT2D eigenvalue weighted by atomic mass is 10.2. The molecule has 0 aromatic rings. The molecule has 3 heteroatoms. The Morgan fingerprint density at radius 3 is 2.80 bits per heavy atom. The predicted octanol–water partition coefficient (Wildman–Crippen LogP) is 0.123. The van der Waals surface area contributed by atoms with E-state index in [1.807, 2.05) is 6.92 Å². The first kappa shape index (κ1) is 9.88. The Morgan fingerprint density at radius 2 is 2.30 bits per heavy atom. The van der Waals surface area contributed by atoms with Gasteiger partial charge in [-0.1, -0.05) is 0 Å². The topological polar surface area (TPSA) is 55.5 Å². The van der Waals surface area contributed by atoms with Gasteiger partial charge >= 0.3 is 0 Å². The first-order chi connectivity index (χ1) is 4.81. The van der Waals surface area contributed by atoms with Crippen molar-refractivity contribution in [3.05, 3.63) is 0 Å². The van der Waals surface area contributed by atoms with E-state index in [4.69, 9.17) is 15.6 Å². The largest absolute Gasteiger partial charge is 0.395 e. The Balaban J connectivity index is 2.89. The first-order valence-corrected chi connectivity index (χ1v) is 3.75. The summed E-state index contributed by atoms with van der Waals surface area (Å²) in [6.45, 7) is 3.55. The molecule has 0 radical (unpaired) electrons. The molecule has 0 aliphatic rings. The Morgan fingerprint density at radius 1 is 1.60 bits per heavy atom. The van der Waals surface area contributed by atoms with Crippen LogP contribution in [0.15, 0.2) is 0 Å². The number of hydrogen-bond acceptors (Lipinski definition) is 3. The lowest BCUT2D eigenvalue weighted by Crippen LogP contribution is -2.24. The van der Waals surface area contributed by atoms with Crippen LogP contribution in [0.5, 0.6) is 0 Å². The Kier molecular flexibility index (Phi) is 6.91. The quantitative estimate of drug-likeness (QED) is 0.525. The van der Waals surface area contributed by atoms with Crippen molar-refractivity contribution in [2.45, 2.75) is 25.8 Å². The molecule has 0 bridgehead atoms. The van der Waals surface area contributed by atoms with Gasteiger partial charge in [-0.15, -0.1) is 0 Å². The van der Waals surface area contributed by atoms with E-state index in [0.29, 0.717) is 0 Å². The summed E-state index contributed by atoms with van der Waals surface area (Å²) in [5.74, 6) is 0. The Bertz CT molecular complexity index is 68.6. The van der Waals surface area contributed by atoms with Crippen molar-refractivity contribution in [3.63, 3.8) is 0 Å². The molecular formula is C7H17NO2. The third-order valence-electron chi connectivity index (χ3n) is 1.30. The first-order valence-electron chi connectivity index (χ1n) is 3.75. The van der Waals surface area contributed by atoms with Crippen LogP contribution in [0, 0.1) is 0 Å². The molecule has 0 amide bonds. The number of aliphatic hydroxyl groups is 1. The summed E-state index contributed by atoms with van der Waals surface area (Å²) < 4.78 is 5.09. The summed E-state index contributed by atoms with van der Waals surface area (Å²) in [5.41, 5.74) is 5.45. The molecule has 0 spiro atoms. The Hall–Kier alpha value is -0.120. The average Bonchev–Trinajstić information content (AvgIpc) is 1.98. The normalized spacial score (nSPS) is 13.5. The van der Waals surface area contributed by atoms with Gasteiger partial charge in [-0.05, 0) is 19.8 Å². The highest BCUT2D eigenvalue weighted by Crippen LogP contribution is 1.93. The van der Waals surface area contributed by atoms with Crippen molar-refractivity contribution in [3.8, 4) is 0 Å². The minimum Gasteiger partial charge on any atom is -0.395 e. The van der Waals surface area contributed by atoms with E-state index in [0.717, 1.165) is 26.1 Å². The van der Waals surface area contributed by atoms with Crippen LogP contribution in [-0.2, 0) is 4.74 Å². The zero-order chi connectivity index (χ0) is 7.82. The molecular weight excluding hydrogens is 130 g/mol. The lowest BCUT2D eigenvalue weighted by Gasteiger charge is -2.06. The zero-order valence-electron chi connectivity index (χ0n) is 6.55. The summed E-state index contributed by atoms with van der Waals surface area (Å²) in [6.07, 6.45) is 1.78. The number of nitrogens with two attached hydrogens (primary N) is 1. The molecule has 62 valence electrons. The Labute approximate surface area is 62.2 Å². The smallest absolute Gasteiger partial charge is 0.0582 e. The van der Waals surface area contributed by atoms with E-state index in [2.05, 4.69) is 0 Å². The second kappa shape index (κ2) is 6.99. The lowest BCUT2D eigenvalue weighted by molar-refractivity contribution is 0.139. The van der Waals surface area contributed by atoms with Gasteiger partial charge in [0.05, 0.1) is 6.61 Å². The third-order valence-corrected chi connectivity index (χ3v) is 1.30. The molecule has 0 aromatic carbocycles. The van der Waals surface area contributed by atoms with Crippen LogP contribution in [-0.4, -0.2) is 31.0 Å². The number of rotatable bonds is 6. The van der Waals surface area contributed by atoms with Crippen molar-refractivity contribution >= 4 is 0 Å². The maximum Gasteiger partial charge on any atom is 0.0582 e.